The van der Waals surface area contributed by atoms with Crippen LogP contribution in [0.3, 0.4) is 0 Å². The Hall–Kier alpha value is -2.02. The van der Waals surface area contributed by atoms with Crippen LogP contribution in [0.25, 0.3) is 0 Å². The molecule has 2 aromatic rings. The lowest BCUT2D eigenvalue weighted by Crippen LogP contribution is -2.44. The normalized spacial score (nSPS) is 18.6. The number of benzene rings is 2. The molecule has 2 aromatic carbocycles. The number of rotatable bonds is 6. The van der Waals surface area contributed by atoms with Gasteiger partial charge < -0.3 is 10.1 Å². The molecule has 2 heterocycles. The summed E-state index contributed by atoms with van der Waals surface area (Å²) >= 11 is 1.84. The fraction of sp³-hybridized carbons (Fsp3) is 0.409. The van der Waals surface area contributed by atoms with Gasteiger partial charge in [0.2, 0.25) is 0 Å². The number of piperazine rings is 1. The first kappa shape index (κ1) is 19.3. The second-order valence-corrected chi connectivity index (χ2v) is 8.20. The minimum Gasteiger partial charge on any atom is -0.489 e. The molecule has 5 nitrogen and oxygen atoms in total. The van der Waals surface area contributed by atoms with Crippen molar-refractivity contribution in [2.24, 2.45) is 0 Å². The van der Waals surface area contributed by atoms with Crippen molar-refractivity contribution in [1.29, 1.82) is 0 Å². The van der Waals surface area contributed by atoms with Crippen LogP contribution in [0.15, 0.2) is 42.5 Å². The first-order valence-electron chi connectivity index (χ1n) is 9.80. The van der Waals surface area contributed by atoms with Crippen molar-refractivity contribution in [2.75, 3.05) is 32.4 Å². The van der Waals surface area contributed by atoms with Crippen LogP contribution in [0.1, 0.15) is 40.0 Å². The number of amides is 1. The van der Waals surface area contributed by atoms with E-state index in [0.717, 1.165) is 48.6 Å². The van der Waals surface area contributed by atoms with Crippen LogP contribution in [0, 0.1) is 0 Å². The average Bonchev–Trinajstić information content (AvgIpc) is 3.14. The molecule has 2 aliphatic rings. The van der Waals surface area contributed by atoms with Crippen molar-refractivity contribution in [3.8, 4) is 5.75 Å². The maximum atomic E-state index is 11.8. The Morgan fingerprint density at radius 2 is 1.86 bits per heavy atom. The summed E-state index contributed by atoms with van der Waals surface area (Å²) in [5, 5.41) is 2.85. The summed E-state index contributed by atoms with van der Waals surface area (Å²) in [4.78, 5) is 14.3. The molecule has 0 aliphatic carbocycles. The van der Waals surface area contributed by atoms with Crippen LogP contribution in [0.2, 0.25) is 0 Å². The zero-order valence-electron chi connectivity index (χ0n) is 16.5. The van der Waals surface area contributed by atoms with Gasteiger partial charge in [-0.3, -0.25) is 9.69 Å². The summed E-state index contributed by atoms with van der Waals surface area (Å²) in [5.74, 6) is 0.775. The zero-order chi connectivity index (χ0) is 19.5. The van der Waals surface area contributed by atoms with E-state index in [4.69, 9.17) is 4.74 Å². The topological polar surface area (TPSA) is 44.8 Å². The Labute approximate surface area is 171 Å². The molecule has 28 heavy (non-hydrogen) atoms. The highest BCUT2D eigenvalue weighted by atomic mass is 32.2. The lowest BCUT2D eigenvalue weighted by atomic mass is 10.0. The van der Waals surface area contributed by atoms with E-state index in [-0.39, 0.29) is 5.91 Å². The number of hydrogen-bond donors (Lipinski definition) is 1. The fourth-order valence-corrected chi connectivity index (χ4v) is 4.43. The van der Waals surface area contributed by atoms with E-state index < -0.39 is 0 Å². The van der Waals surface area contributed by atoms with Crippen molar-refractivity contribution in [1.82, 2.24) is 14.5 Å². The van der Waals surface area contributed by atoms with Crippen molar-refractivity contribution in [3.63, 3.8) is 0 Å². The largest absolute Gasteiger partial charge is 0.489 e. The number of nitrogens with one attached hydrogen (secondary N) is 1. The summed E-state index contributed by atoms with van der Waals surface area (Å²) in [5.41, 5.74) is 4.17. The molecule has 0 saturated carbocycles. The maximum absolute atomic E-state index is 11.8. The smallest absolute Gasteiger partial charge is 0.252 e. The monoisotopic (exact) mass is 397 g/mol. The van der Waals surface area contributed by atoms with Gasteiger partial charge in [0.25, 0.3) is 5.91 Å². The van der Waals surface area contributed by atoms with E-state index in [1.54, 1.807) is 0 Å². The third kappa shape index (κ3) is 4.04. The average molecular weight is 398 g/mol. The van der Waals surface area contributed by atoms with Gasteiger partial charge in [0.15, 0.2) is 0 Å². The first-order chi connectivity index (χ1) is 13.7. The van der Waals surface area contributed by atoms with Crippen molar-refractivity contribution >= 4 is 17.9 Å². The maximum Gasteiger partial charge on any atom is 0.252 e. The quantitative estimate of drug-likeness (QED) is 0.757. The lowest BCUT2D eigenvalue weighted by molar-refractivity contribution is 0.0965. The van der Waals surface area contributed by atoms with Crippen LogP contribution < -0.4 is 10.1 Å². The first-order valence-corrected chi connectivity index (χ1v) is 11.0. The molecular weight excluding hydrogens is 370 g/mol. The summed E-state index contributed by atoms with van der Waals surface area (Å²) in [6.07, 6.45) is 2.15. The fourth-order valence-electron chi connectivity index (χ4n) is 3.90. The molecule has 0 unspecified atom stereocenters. The highest BCUT2D eigenvalue weighted by molar-refractivity contribution is 7.96. The Bertz CT molecular complexity index is 832. The van der Waals surface area contributed by atoms with Gasteiger partial charge in [0, 0.05) is 49.9 Å². The van der Waals surface area contributed by atoms with E-state index >= 15 is 0 Å². The van der Waals surface area contributed by atoms with Gasteiger partial charge in [-0.05, 0) is 36.4 Å². The Morgan fingerprint density at radius 1 is 1.11 bits per heavy atom. The molecule has 0 aromatic heterocycles. The molecule has 0 spiro atoms. The van der Waals surface area contributed by atoms with E-state index in [1.165, 1.54) is 5.56 Å². The molecule has 0 bridgehead atoms. The number of hydrogen-bond acceptors (Lipinski definition) is 5. The lowest BCUT2D eigenvalue weighted by Gasteiger charge is -2.37. The van der Waals surface area contributed by atoms with Crippen LogP contribution in [-0.2, 0) is 13.2 Å². The third-order valence-electron chi connectivity index (χ3n) is 5.74. The standard InChI is InChI=1S/C22H27N3O2S/c1-16(24-10-12-25(28-2)13-11-24)18-8-6-17(7-9-18)15-27-21-5-3-4-19-20(21)14-23-22(19)26/h3-9,16H,10-15H2,1-2H3,(H,23,26)/t16-/m1/s1. The second-order valence-electron chi connectivity index (χ2n) is 7.32. The van der Waals surface area contributed by atoms with E-state index in [9.17, 15) is 4.79 Å². The highest BCUT2D eigenvalue weighted by Crippen LogP contribution is 2.27. The Balaban J connectivity index is 1.36. The van der Waals surface area contributed by atoms with Crippen molar-refractivity contribution in [3.05, 3.63) is 64.7 Å². The van der Waals surface area contributed by atoms with Gasteiger partial charge in [0.1, 0.15) is 12.4 Å². The van der Waals surface area contributed by atoms with E-state index in [1.807, 2.05) is 30.1 Å². The van der Waals surface area contributed by atoms with Crippen LogP contribution >= 0.6 is 11.9 Å². The van der Waals surface area contributed by atoms with Gasteiger partial charge in [0.05, 0.1) is 0 Å². The molecule has 1 fully saturated rings. The summed E-state index contributed by atoms with van der Waals surface area (Å²) in [6, 6.07) is 14.8. The van der Waals surface area contributed by atoms with Crippen molar-refractivity contribution < 1.29 is 9.53 Å². The predicted molar refractivity (Wildman–Crippen MR) is 113 cm³/mol. The molecule has 2 aliphatic heterocycles. The van der Waals surface area contributed by atoms with E-state index in [2.05, 4.69) is 52.0 Å². The van der Waals surface area contributed by atoms with Gasteiger partial charge in [-0.25, -0.2) is 4.31 Å². The van der Waals surface area contributed by atoms with E-state index in [0.29, 0.717) is 19.2 Å². The minimum absolute atomic E-state index is 0.0165. The Morgan fingerprint density at radius 3 is 2.57 bits per heavy atom. The number of nitrogens with zero attached hydrogens (tertiary/aromatic N) is 2. The molecule has 1 saturated heterocycles. The SMILES string of the molecule is CSN1CCN([C@H](C)c2ccc(COc3cccc4c3CNC4=O)cc2)CC1. The molecular formula is C22H27N3O2S. The molecule has 1 atom stereocenters. The molecule has 4 rings (SSSR count). The van der Waals surface area contributed by atoms with Crippen molar-refractivity contribution in [2.45, 2.75) is 26.1 Å². The van der Waals surface area contributed by atoms with Crippen LogP contribution in [0.4, 0.5) is 0 Å². The molecule has 148 valence electrons. The third-order valence-corrected chi connectivity index (χ3v) is 6.62. The second kappa shape index (κ2) is 8.55. The molecule has 0 radical (unpaired) electrons. The zero-order valence-corrected chi connectivity index (χ0v) is 17.3. The Kier molecular flexibility index (Phi) is 5.90. The number of carbonyl (C=O) groups excluding carboxylic acids is 1. The highest BCUT2D eigenvalue weighted by Gasteiger charge is 2.23. The number of fused-ring (bicyclic) bond motifs is 1. The van der Waals surface area contributed by atoms with Gasteiger partial charge in [-0.1, -0.05) is 42.3 Å². The number of ether oxygens (including phenoxy) is 1. The molecule has 6 heteroatoms. The van der Waals surface area contributed by atoms with Crippen LogP contribution in [-0.4, -0.2) is 47.5 Å². The number of carbonyl (C=O) groups is 1. The van der Waals surface area contributed by atoms with Gasteiger partial charge in [-0.15, -0.1) is 0 Å². The van der Waals surface area contributed by atoms with Gasteiger partial charge in [-0.2, -0.15) is 0 Å². The van der Waals surface area contributed by atoms with Crippen LogP contribution in [0.5, 0.6) is 5.75 Å². The van der Waals surface area contributed by atoms with Gasteiger partial charge >= 0.3 is 0 Å². The summed E-state index contributed by atoms with van der Waals surface area (Å²) in [6.45, 7) is 7.80. The predicted octanol–water partition coefficient (Wildman–Crippen LogP) is 3.47. The minimum atomic E-state index is -0.0165. The summed E-state index contributed by atoms with van der Waals surface area (Å²) < 4.78 is 8.44. The summed E-state index contributed by atoms with van der Waals surface area (Å²) in [7, 11) is 0. The molecule has 1 amide bonds. The molecule has 1 N–H and O–H groups in total.